The second-order valence-electron chi connectivity index (χ2n) is 7.17. The molecule has 2 aromatic carbocycles. The van der Waals surface area contributed by atoms with Crippen molar-refractivity contribution >= 4 is 29.3 Å². The van der Waals surface area contributed by atoms with Crippen molar-refractivity contribution < 1.29 is 5.11 Å². The van der Waals surface area contributed by atoms with Crippen LogP contribution in [0.15, 0.2) is 58.8 Å². The lowest BCUT2D eigenvalue weighted by Gasteiger charge is -2.11. The average molecular weight is 396 g/mol. The fourth-order valence-corrected chi connectivity index (χ4v) is 3.38. The molecule has 0 spiro atoms. The van der Waals surface area contributed by atoms with E-state index in [1.807, 2.05) is 93.0 Å². The Morgan fingerprint density at radius 2 is 1.43 bits per heavy atom. The van der Waals surface area contributed by atoms with Crippen LogP contribution in [0.25, 0.3) is 5.69 Å². The topological polar surface area (TPSA) is 58.0 Å². The number of nitrogens with zero attached hydrogens (tertiary/aromatic N) is 5. The highest BCUT2D eigenvalue weighted by molar-refractivity contribution is 7.71. The van der Waals surface area contributed by atoms with Gasteiger partial charge in [-0.3, -0.25) is 4.57 Å². The number of rotatable bonds is 5. The molecule has 1 aromatic heterocycles. The first-order valence-corrected chi connectivity index (χ1v) is 9.50. The smallest absolute Gasteiger partial charge is 0.218 e. The van der Waals surface area contributed by atoms with Crippen LogP contribution in [-0.4, -0.2) is 28.3 Å². The molecule has 0 aliphatic rings. The van der Waals surface area contributed by atoms with Crippen molar-refractivity contribution in [2.45, 2.75) is 19.8 Å². The molecule has 0 aliphatic carbocycles. The van der Waals surface area contributed by atoms with Gasteiger partial charge in [0.25, 0.3) is 0 Å². The van der Waals surface area contributed by atoms with Gasteiger partial charge in [0.05, 0.1) is 22.8 Å². The zero-order valence-electron chi connectivity index (χ0n) is 16.8. The molecular weight excluding hydrogens is 370 g/mol. The minimum atomic E-state index is 0.167. The maximum absolute atomic E-state index is 10.6. The zero-order chi connectivity index (χ0) is 20.4. The summed E-state index contributed by atoms with van der Waals surface area (Å²) in [5.74, 6) is 0.345. The van der Waals surface area contributed by atoms with E-state index in [0.717, 1.165) is 28.4 Å². The maximum atomic E-state index is 10.6. The summed E-state index contributed by atoms with van der Waals surface area (Å²) >= 11 is 5.50. The van der Waals surface area contributed by atoms with Crippen LogP contribution in [0.3, 0.4) is 0 Å². The van der Waals surface area contributed by atoms with Crippen LogP contribution < -0.4 is 4.90 Å². The van der Waals surface area contributed by atoms with E-state index >= 15 is 0 Å². The summed E-state index contributed by atoms with van der Waals surface area (Å²) in [6.07, 6.45) is 0. The Balaban J connectivity index is 1.85. The van der Waals surface area contributed by atoms with Crippen LogP contribution in [0.2, 0.25) is 0 Å². The molecule has 7 heteroatoms. The van der Waals surface area contributed by atoms with Crippen molar-refractivity contribution in [3.05, 3.63) is 59.0 Å². The van der Waals surface area contributed by atoms with Crippen LogP contribution in [-0.2, 0) is 7.05 Å². The van der Waals surface area contributed by atoms with Crippen molar-refractivity contribution in [2.24, 2.45) is 17.3 Å². The molecule has 6 nitrogen and oxygen atoms in total. The van der Waals surface area contributed by atoms with Crippen LogP contribution in [0, 0.1) is 4.77 Å². The summed E-state index contributed by atoms with van der Waals surface area (Å²) in [5, 5.41) is 19.2. The number of anilines is 1. The lowest BCUT2D eigenvalue weighted by atomic mass is 10.1. The van der Waals surface area contributed by atoms with E-state index < -0.39 is 0 Å². The Morgan fingerprint density at radius 1 is 0.929 bits per heavy atom. The normalized spacial score (nSPS) is 11.5. The largest absolute Gasteiger partial charge is 0.493 e. The Hall–Kier alpha value is -2.93. The fourth-order valence-electron chi connectivity index (χ4n) is 3.09. The van der Waals surface area contributed by atoms with Crippen molar-refractivity contribution in [2.75, 3.05) is 19.0 Å². The molecule has 0 atom stereocenters. The number of hydrogen-bond acceptors (Lipinski definition) is 5. The maximum Gasteiger partial charge on any atom is 0.218 e. The molecule has 0 saturated carbocycles. The van der Waals surface area contributed by atoms with Gasteiger partial charge in [-0.15, -0.1) is 0 Å². The highest BCUT2D eigenvalue weighted by Gasteiger charge is 2.18. The number of aromatic hydroxyl groups is 1. The molecule has 0 saturated heterocycles. The molecule has 0 bridgehead atoms. The van der Waals surface area contributed by atoms with Crippen molar-refractivity contribution in [1.29, 1.82) is 0 Å². The average Bonchev–Trinajstić information content (AvgIpc) is 2.89. The van der Waals surface area contributed by atoms with E-state index in [2.05, 4.69) is 10.2 Å². The van der Waals surface area contributed by atoms with Gasteiger partial charge in [-0.2, -0.15) is 10.2 Å². The molecule has 28 heavy (non-hydrogen) atoms. The molecule has 0 amide bonds. The zero-order valence-corrected chi connectivity index (χ0v) is 17.6. The second-order valence-corrected chi connectivity index (χ2v) is 7.53. The molecule has 0 radical (unpaired) electrons. The molecule has 3 aromatic rings. The molecule has 0 aliphatic heterocycles. The molecule has 0 unspecified atom stereocenters. The molecule has 3 rings (SSSR count). The Morgan fingerprint density at radius 3 is 1.86 bits per heavy atom. The van der Waals surface area contributed by atoms with Gasteiger partial charge in [-0.05, 0) is 66.7 Å². The van der Waals surface area contributed by atoms with E-state index in [0.29, 0.717) is 4.77 Å². The van der Waals surface area contributed by atoms with Crippen LogP contribution in [0.4, 0.5) is 17.1 Å². The highest BCUT2D eigenvalue weighted by Crippen LogP contribution is 2.31. The quantitative estimate of drug-likeness (QED) is 0.435. The minimum Gasteiger partial charge on any atom is -0.493 e. The Bertz CT molecular complexity index is 1040. The predicted molar refractivity (Wildman–Crippen MR) is 116 cm³/mol. The van der Waals surface area contributed by atoms with Crippen LogP contribution in [0.5, 0.6) is 5.88 Å². The van der Waals surface area contributed by atoms with Gasteiger partial charge >= 0.3 is 0 Å². The summed E-state index contributed by atoms with van der Waals surface area (Å²) in [4.78, 5) is 2.04. The van der Waals surface area contributed by atoms with E-state index in [1.165, 1.54) is 0 Å². The Labute approximate surface area is 170 Å². The molecule has 1 heterocycles. The second kappa shape index (κ2) is 7.98. The number of azo groups is 1. The number of benzene rings is 2. The van der Waals surface area contributed by atoms with Gasteiger partial charge in [-0.25, -0.2) is 0 Å². The molecule has 1 N–H and O–H groups in total. The van der Waals surface area contributed by atoms with Gasteiger partial charge in [0.2, 0.25) is 5.88 Å². The third-order valence-corrected chi connectivity index (χ3v) is 5.04. The number of imidazole rings is 1. The standard InChI is InChI=1S/C21H25N5OS/c1-14(2)19-20(27)26(21(28)25(19)5)18-12-8-16(9-13-18)23-22-15-6-10-17(11-7-15)24(3)4/h6-14,27H,1-5H3. The summed E-state index contributed by atoms with van der Waals surface area (Å²) in [6.45, 7) is 4.06. The highest BCUT2D eigenvalue weighted by atomic mass is 32.1. The van der Waals surface area contributed by atoms with Crippen molar-refractivity contribution in [3.8, 4) is 11.6 Å². The van der Waals surface area contributed by atoms with Gasteiger partial charge < -0.3 is 14.6 Å². The SMILES string of the molecule is CC(C)c1c(O)n(-c2ccc(N=Nc3ccc(N(C)C)cc3)cc2)c(=S)n1C. The van der Waals surface area contributed by atoms with Gasteiger partial charge in [0.15, 0.2) is 4.77 Å². The first-order valence-electron chi connectivity index (χ1n) is 9.09. The molecule has 146 valence electrons. The fraction of sp³-hybridized carbons (Fsp3) is 0.286. The van der Waals surface area contributed by atoms with Gasteiger partial charge in [0, 0.05) is 26.8 Å². The monoisotopic (exact) mass is 395 g/mol. The summed E-state index contributed by atoms with van der Waals surface area (Å²) in [5.41, 5.74) is 4.24. The third-order valence-electron chi connectivity index (χ3n) is 4.58. The Kier molecular flexibility index (Phi) is 5.65. The van der Waals surface area contributed by atoms with E-state index in [-0.39, 0.29) is 11.8 Å². The van der Waals surface area contributed by atoms with E-state index in [4.69, 9.17) is 12.2 Å². The summed E-state index contributed by atoms with van der Waals surface area (Å²) in [7, 11) is 5.87. The van der Waals surface area contributed by atoms with Crippen LogP contribution in [0.1, 0.15) is 25.5 Å². The van der Waals surface area contributed by atoms with Crippen molar-refractivity contribution in [3.63, 3.8) is 0 Å². The first-order chi connectivity index (χ1) is 13.3. The lowest BCUT2D eigenvalue weighted by molar-refractivity contribution is 0.431. The van der Waals surface area contributed by atoms with Crippen LogP contribution >= 0.6 is 12.2 Å². The van der Waals surface area contributed by atoms with Gasteiger partial charge in [-0.1, -0.05) is 13.8 Å². The summed E-state index contributed by atoms with van der Waals surface area (Å²) < 4.78 is 4.07. The molecule has 0 fully saturated rings. The third kappa shape index (κ3) is 3.84. The molecular formula is C21H25N5OS. The van der Waals surface area contributed by atoms with Gasteiger partial charge in [0.1, 0.15) is 0 Å². The van der Waals surface area contributed by atoms with Crippen molar-refractivity contribution in [1.82, 2.24) is 9.13 Å². The minimum absolute atomic E-state index is 0.167. The van der Waals surface area contributed by atoms with E-state index in [1.54, 1.807) is 4.57 Å². The number of hydrogen-bond donors (Lipinski definition) is 1. The summed E-state index contributed by atoms with van der Waals surface area (Å²) in [6, 6.07) is 15.3. The lowest BCUT2D eigenvalue weighted by Crippen LogP contribution is -2.07. The first kappa shape index (κ1) is 19.8. The number of aromatic nitrogens is 2. The predicted octanol–water partition coefficient (Wildman–Crippen LogP) is 5.86. The van der Waals surface area contributed by atoms with E-state index in [9.17, 15) is 5.11 Å².